The maximum Gasteiger partial charge on any atom is 0.213 e. The van der Waals surface area contributed by atoms with E-state index in [4.69, 9.17) is 10.5 Å². The van der Waals surface area contributed by atoms with Gasteiger partial charge in [0.05, 0.1) is 18.5 Å². The van der Waals surface area contributed by atoms with Crippen molar-refractivity contribution in [3.8, 4) is 5.88 Å². The highest BCUT2D eigenvalue weighted by atomic mass is 16.5. The fourth-order valence-electron chi connectivity index (χ4n) is 0.872. The molecule has 72 valence electrons. The molecule has 1 aromatic rings. The van der Waals surface area contributed by atoms with Crippen LogP contribution >= 0.6 is 0 Å². The van der Waals surface area contributed by atoms with Crippen molar-refractivity contribution in [1.82, 2.24) is 4.98 Å². The average Bonchev–Trinajstić information content (AvgIpc) is 2.07. The first-order valence-corrected chi connectivity index (χ1v) is 4.44. The predicted octanol–water partition coefficient (Wildman–Crippen LogP) is 2.01. The fraction of sp³-hybridized carbons (Fsp3) is 0.500. The van der Waals surface area contributed by atoms with E-state index in [1.807, 2.05) is 13.0 Å². The van der Waals surface area contributed by atoms with Gasteiger partial charge in [0.15, 0.2) is 0 Å². The average molecular weight is 180 g/mol. The summed E-state index contributed by atoms with van der Waals surface area (Å²) in [7, 11) is 0. The number of pyridine rings is 1. The van der Waals surface area contributed by atoms with Crippen molar-refractivity contribution in [3.63, 3.8) is 0 Å². The van der Waals surface area contributed by atoms with E-state index in [0.717, 1.165) is 5.56 Å². The van der Waals surface area contributed by atoms with Gasteiger partial charge in [0, 0.05) is 6.07 Å². The van der Waals surface area contributed by atoms with Gasteiger partial charge in [-0.25, -0.2) is 4.98 Å². The molecule has 0 fully saturated rings. The third kappa shape index (κ3) is 2.93. The molecule has 0 saturated carbocycles. The van der Waals surface area contributed by atoms with Crippen molar-refractivity contribution >= 4 is 5.69 Å². The van der Waals surface area contributed by atoms with Gasteiger partial charge in [0.2, 0.25) is 5.88 Å². The maximum absolute atomic E-state index is 5.63. The van der Waals surface area contributed by atoms with Crippen LogP contribution in [0.5, 0.6) is 5.88 Å². The van der Waals surface area contributed by atoms with E-state index in [1.165, 1.54) is 0 Å². The van der Waals surface area contributed by atoms with E-state index in [-0.39, 0.29) is 0 Å². The summed E-state index contributed by atoms with van der Waals surface area (Å²) in [6.07, 6.45) is 1.63. The Morgan fingerprint density at radius 2 is 2.23 bits per heavy atom. The molecule has 0 aliphatic heterocycles. The van der Waals surface area contributed by atoms with Crippen LogP contribution in [-0.4, -0.2) is 11.6 Å². The van der Waals surface area contributed by atoms with Crippen LogP contribution in [0.2, 0.25) is 0 Å². The molecule has 3 heteroatoms. The molecule has 2 N–H and O–H groups in total. The first-order chi connectivity index (χ1) is 6.09. The number of hydrogen-bond acceptors (Lipinski definition) is 3. The van der Waals surface area contributed by atoms with Gasteiger partial charge in [-0.15, -0.1) is 0 Å². The second-order valence-corrected chi connectivity index (χ2v) is 3.58. The summed E-state index contributed by atoms with van der Waals surface area (Å²) in [5.41, 5.74) is 7.34. The van der Waals surface area contributed by atoms with Crippen LogP contribution in [0.25, 0.3) is 0 Å². The number of nitrogens with two attached hydrogens (primary N) is 1. The van der Waals surface area contributed by atoms with Gasteiger partial charge in [-0.2, -0.15) is 0 Å². The SMILES string of the molecule is Cc1cc(OCC(C)C)ncc1N. The maximum atomic E-state index is 5.63. The monoisotopic (exact) mass is 180 g/mol. The van der Waals surface area contributed by atoms with Gasteiger partial charge in [-0.05, 0) is 18.4 Å². The van der Waals surface area contributed by atoms with Gasteiger partial charge in [-0.1, -0.05) is 13.8 Å². The minimum atomic E-state index is 0.514. The second kappa shape index (κ2) is 4.12. The van der Waals surface area contributed by atoms with Gasteiger partial charge >= 0.3 is 0 Å². The van der Waals surface area contributed by atoms with E-state index in [2.05, 4.69) is 18.8 Å². The molecule has 1 aromatic heterocycles. The Bertz CT molecular complexity index is 284. The lowest BCUT2D eigenvalue weighted by Crippen LogP contribution is -2.06. The van der Waals surface area contributed by atoms with Gasteiger partial charge < -0.3 is 10.5 Å². The molecule has 0 amide bonds. The molecule has 1 rings (SSSR count). The molecule has 0 aromatic carbocycles. The van der Waals surface area contributed by atoms with Crippen LogP contribution in [0.15, 0.2) is 12.3 Å². The molecule has 1 heterocycles. The van der Waals surface area contributed by atoms with Crippen LogP contribution in [0.3, 0.4) is 0 Å². The summed E-state index contributed by atoms with van der Waals surface area (Å²) in [5.74, 6) is 1.17. The zero-order valence-corrected chi connectivity index (χ0v) is 8.37. The third-order valence-corrected chi connectivity index (χ3v) is 1.69. The van der Waals surface area contributed by atoms with Crippen LogP contribution in [0, 0.1) is 12.8 Å². The van der Waals surface area contributed by atoms with Crippen molar-refractivity contribution in [1.29, 1.82) is 0 Å². The molecule has 0 aliphatic carbocycles. The zero-order valence-electron chi connectivity index (χ0n) is 8.37. The zero-order chi connectivity index (χ0) is 9.84. The Labute approximate surface area is 78.9 Å². The van der Waals surface area contributed by atoms with Crippen molar-refractivity contribution in [2.24, 2.45) is 5.92 Å². The Morgan fingerprint density at radius 1 is 1.54 bits per heavy atom. The smallest absolute Gasteiger partial charge is 0.213 e. The van der Waals surface area contributed by atoms with E-state index in [9.17, 15) is 0 Å². The Morgan fingerprint density at radius 3 is 2.77 bits per heavy atom. The number of rotatable bonds is 3. The van der Waals surface area contributed by atoms with Crippen molar-refractivity contribution in [3.05, 3.63) is 17.8 Å². The molecule has 13 heavy (non-hydrogen) atoms. The number of aromatic nitrogens is 1. The van der Waals surface area contributed by atoms with Crippen LogP contribution < -0.4 is 10.5 Å². The highest BCUT2D eigenvalue weighted by Gasteiger charge is 2.00. The van der Waals surface area contributed by atoms with Crippen LogP contribution in [0.1, 0.15) is 19.4 Å². The normalized spacial score (nSPS) is 10.5. The summed E-state index contributed by atoms with van der Waals surface area (Å²) >= 11 is 0. The molecule has 3 nitrogen and oxygen atoms in total. The molecule has 0 bridgehead atoms. The van der Waals surface area contributed by atoms with E-state index in [0.29, 0.717) is 24.1 Å². The Balaban J connectivity index is 2.63. The molecule has 0 saturated heterocycles. The summed E-state index contributed by atoms with van der Waals surface area (Å²) in [4.78, 5) is 4.06. The van der Waals surface area contributed by atoms with Crippen molar-refractivity contribution in [2.45, 2.75) is 20.8 Å². The molecule has 0 spiro atoms. The number of hydrogen-bond donors (Lipinski definition) is 1. The Kier molecular flexibility index (Phi) is 3.12. The van der Waals surface area contributed by atoms with Gasteiger partial charge in [0.25, 0.3) is 0 Å². The summed E-state index contributed by atoms with van der Waals surface area (Å²) in [6, 6.07) is 1.86. The number of aryl methyl sites for hydroxylation is 1. The predicted molar refractivity (Wildman–Crippen MR) is 53.7 cm³/mol. The summed E-state index contributed by atoms with van der Waals surface area (Å²) < 4.78 is 5.44. The second-order valence-electron chi connectivity index (χ2n) is 3.58. The van der Waals surface area contributed by atoms with E-state index >= 15 is 0 Å². The molecular weight excluding hydrogens is 164 g/mol. The van der Waals surface area contributed by atoms with E-state index in [1.54, 1.807) is 6.20 Å². The van der Waals surface area contributed by atoms with Crippen LogP contribution in [-0.2, 0) is 0 Å². The number of ether oxygens (including phenoxy) is 1. The van der Waals surface area contributed by atoms with E-state index < -0.39 is 0 Å². The lowest BCUT2D eigenvalue weighted by Gasteiger charge is -2.08. The minimum absolute atomic E-state index is 0.514. The summed E-state index contributed by atoms with van der Waals surface area (Å²) in [6.45, 7) is 6.84. The quantitative estimate of drug-likeness (QED) is 0.774. The molecule has 0 atom stereocenters. The molecule has 0 aliphatic rings. The lowest BCUT2D eigenvalue weighted by atomic mass is 10.2. The summed E-state index contributed by atoms with van der Waals surface area (Å²) in [5, 5.41) is 0. The largest absolute Gasteiger partial charge is 0.477 e. The third-order valence-electron chi connectivity index (χ3n) is 1.69. The Hall–Kier alpha value is -1.25. The van der Waals surface area contributed by atoms with Crippen molar-refractivity contribution in [2.75, 3.05) is 12.3 Å². The lowest BCUT2D eigenvalue weighted by molar-refractivity contribution is 0.261. The number of nitrogens with zero attached hydrogens (tertiary/aromatic N) is 1. The van der Waals surface area contributed by atoms with Crippen molar-refractivity contribution < 1.29 is 4.74 Å². The molecule has 0 unspecified atom stereocenters. The highest BCUT2D eigenvalue weighted by molar-refractivity contribution is 5.45. The highest BCUT2D eigenvalue weighted by Crippen LogP contribution is 2.15. The fourth-order valence-corrected chi connectivity index (χ4v) is 0.872. The molecule has 0 radical (unpaired) electrons. The minimum Gasteiger partial charge on any atom is -0.477 e. The number of nitrogen functional groups attached to an aromatic ring is 1. The molecular formula is C10H16N2O. The topological polar surface area (TPSA) is 48.1 Å². The number of anilines is 1. The first kappa shape index (κ1) is 9.84. The standard InChI is InChI=1S/C10H16N2O/c1-7(2)6-13-10-4-8(3)9(11)5-12-10/h4-5,7H,6,11H2,1-3H3. The van der Waals surface area contributed by atoms with Gasteiger partial charge in [-0.3, -0.25) is 0 Å². The van der Waals surface area contributed by atoms with Crippen LogP contribution in [0.4, 0.5) is 5.69 Å². The first-order valence-electron chi connectivity index (χ1n) is 4.44. The van der Waals surface area contributed by atoms with Gasteiger partial charge in [0.1, 0.15) is 0 Å².